The van der Waals surface area contributed by atoms with E-state index in [-0.39, 0.29) is 0 Å². The minimum Gasteiger partial charge on any atom is -0.378 e. The average Bonchev–Trinajstić information content (AvgIpc) is 2.85. The van der Waals surface area contributed by atoms with Gasteiger partial charge in [-0.15, -0.1) is 11.3 Å². The Hall–Kier alpha value is -0.820. The Balaban J connectivity index is 2.07. The highest BCUT2D eigenvalue weighted by Crippen LogP contribution is 2.29. The van der Waals surface area contributed by atoms with Gasteiger partial charge in [0, 0.05) is 4.88 Å². The molecular formula is C13H16O2S. The van der Waals surface area contributed by atoms with E-state index >= 15 is 0 Å². The number of hydrogen-bond acceptors (Lipinski definition) is 3. The van der Waals surface area contributed by atoms with Crippen molar-refractivity contribution in [2.75, 3.05) is 0 Å². The highest BCUT2D eigenvalue weighted by atomic mass is 32.1. The van der Waals surface area contributed by atoms with Crippen molar-refractivity contribution >= 4 is 11.3 Å². The maximum Gasteiger partial charge on any atom is 0.149 e. The van der Waals surface area contributed by atoms with Crippen molar-refractivity contribution in [3.8, 4) is 11.8 Å². The minimum absolute atomic E-state index is 0.732. The summed E-state index contributed by atoms with van der Waals surface area (Å²) >= 11 is 1.50. The molecule has 86 valence electrons. The topological polar surface area (TPSA) is 40.5 Å². The summed E-state index contributed by atoms with van der Waals surface area (Å²) in [5.41, 5.74) is 0.285. The standard InChI is InChI=1S/C13H16O2S/c1-10-8-12(16-9-10)11(14)4-7-13(15)5-2-3-6-13/h8-9,11,14-15H,2-3,5-6H2,1H3. The molecule has 1 aliphatic rings. The van der Waals surface area contributed by atoms with Gasteiger partial charge in [-0.05, 0) is 49.6 Å². The quantitative estimate of drug-likeness (QED) is 0.735. The van der Waals surface area contributed by atoms with Crippen LogP contribution in [0.2, 0.25) is 0 Å². The van der Waals surface area contributed by atoms with Crippen molar-refractivity contribution in [3.05, 3.63) is 21.9 Å². The number of rotatable bonds is 1. The van der Waals surface area contributed by atoms with Crippen molar-refractivity contribution < 1.29 is 10.2 Å². The first-order valence-corrected chi connectivity index (χ1v) is 6.45. The largest absolute Gasteiger partial charge is 0.378 e. The first kappa shape index (κ1) is 11.7. The highest BCUT2D eigenvalue weighted by molar-refractivity contribution is 7.10. The molecule has 16 heavy (non-hydrogen) atoms. The van der Waals surface area contributed by atoms with Gasteiger partial charge >= 0.3 is 0 Å². The highest BCUT2D eigenvalue weighted by Gasteiger charge is 2.28. The molecule has 1 aliphatic carbocycles. The first-order valence-electron chi connectivity index (χ1n) is 5.57. The number of aliphatic hydroxyl groups excluding tert-OH is 1. The zero-order chi connectivity index (χ0) is 11.6. The Morgan fingerprint density at radius 2 is 2.12 bits per heavy atom. The molecule has 1 aromatic rings. The van der Waals surface area contributed by atoms with Crippen molar-refractivity contribution in [2.24, 2.45) is 0 Å². The van der Waals surface area contributed by atoms with E-state index in [1.807, 2.05) is 18.4 Å². The lowest BCUT2D eigenvalue weighted by Crippen LogP contribution is -2.21. The van der Waals surface area contributed by atoms with Crippen LogP contribution < -0.4 is 0 Å². The lowest BCUT2D eigenvalue weighted by molar-refractivity contribution is 0.109. The summed E-state index contributed by atoms with van der Waals surface area (Å²) in [5.74, 6) is 5.59. The molecule has 0 bridgehead atoms. The molecule has 1 unspecified atom stereocenters. The van der Waals surface area contributed by atoms with Crippen LogP contribution in [0.1, 0.15) is 42.2 Å². The van der Waals surface area contributed by atoms with Crippen molar-refractivity contribution in [3.63, 3.8) is 0 Å². The molecule has 1 saturated carbocycles. The molecular weight excluding hydrogens is 220 g/mol. The Morgan fingerprint density at radius 3 is 2.69 bits per heavy atom. The lowest BCUT2D eigenvalue weighted by atomic mass is 10.0. The molecule has 0 radical (unpaired) electrons. The van der Waals surface area contributed by atoms with Gasteiger partial charge in [0.2, 0.25) is 0 Å². The van der Waals surface area contributed by atoms with E-state index < -0.39 is 11.7 Å². The Bertz CT molecular complexity index is 419. The monoisotopic (exact) mass is 236 g/mol. The Labute approximate surface area is 99.9 Å². The molecule has 1 atom stereocenters. The van der Waals surface area contributed by atoms with Gasteiger partial charge in [-0.2, -0.15) is 0 Å². The van der Waals surface area contributed by atoms with E-state index in [4.69, 9.17) is 0 Å². The van der Waals surface area contributed by atoms with Crippen LogP contribution in [0.15, 0.2) is 11.4 Å². The molecule has 0 saturated heterocycles. The van der Waals surface area contributed by atoms with Gasteiger partial charge in [0.1, 0.15) is 11.7 Å². The lowest BCUT2D eigenvalue weighted by Gasteiger charge is -2.13. The number of hydrogen-bond donors (Lipinski definition) is 2. The van der Waals surface area contributed by atoms with Crippen LogP contribution in [0.4, 0.5) is 0 Å². The van der Waals surface area contributed by atoms with Crippen LogP contribution in [0.3, 0.4) is 0 Å². The normalized spacial score (nSPS) is 20.2. The zero-order valence-electron chi connectivity index (χ0n) is 9.36. The second-order valence-corrected chi connectivity index (χ2v) is 5.38. The van der Waals surface area contributed by atoms with E-state index in [1.54, 1.807) is 0 Å². The van der Waals surface area contributed by atoms with E-state index in [2.05, 4.69) is 11.8 Å². The smallest absolute Gasteiger partial charge is 0.149 e. The zero-order valence-corrected chi connectivity index (χ0v) is 10.2. The molecule has 1 fully saturated rings. The molecule has 0 amide bonds. The van der Waals surface area contributed by atoms with Gasteiger partial charge in [0.25, 0.3) is 0 Å². The van der Waals surface area contributed by atoms with Crippen LogP contribution in [0.5, 0.6) is 0 Å². The van der Waals surface area contributed by atoms with Crippen LogP contribution in [-0.4, -0.2) is 15.8 Å². The van der Waals surface area contributed by atoms with Crippen molar-refractivity contribution in [1.29, 1.82) is 0 Å². The van der Waals surface area contributed by atoms with Gasteiger partial charge in [-0.25, -0.2) is 0 Å². The summed E-state index contributed by atoms with van der Waals surface area (Å²) < 4.78 is 0. The number of thiophene rings is 1. The molecule has 2 nitrogen and oxygen atoms in total. The minimum atomic E-state index is -0.854. The fraction of sp³-hybridized carbons (Fsp3) is 0.538. The van der Waals surface area contributed by atoms with Crippen LogP contribution >= 0.6 is 11.3 Å². The SMILES string of the molecule is Cc1csc(C(O)C#CC2(O)CCCC2)c1. The van der Waals surface area contributed by atoms with E-state index in [1.165, 1.54) is 11.3 Å². The van der Waals surface area contributed by atoms with E-state index in [9.17, 15) is 10.2 Å². The molecule has 0 aliphatic heterocycles. The maximum absolute atomic E-state index is 10.0. The molecule has 2 N–H and O–H groups in total. The summed E-state index contributed by atoms with van der Waals surface area (Å²) in [4.78, 5) is 0.853. The number of aliphatic hydroxyl groups is 2. The fourth-order valence-corrected chi connectivity index (χ4v) is 2.79. The van der Waals surface area contributed by atoms with E-state index in [0.29, 0.717) is 0 Å². The first-order chi connectivity index (χ1) is 7.59. The summed E-state index contributed by atoms with van der Waals surface area (Å²) in [5, 5.41) is 21.8. The van der Waals surface area contributed by atoms with Crippen molar-refractivity contribution in [2.45, 2.75) is 44.3 Å². The van der Waals surface area contributed by atoms with Gasteiger partial charge in [0.15, 0.2) is 0 Å². The van der Waals surface area contributed by atoms with Crippen molar-refractivity contribution in [1.82, 2.24) is 0 Å². The molecule has 1 heterocycles. The van der Waals surface area contributed by atoms with Crippen LogP contribution in [-0.2, 0) is 0 Å². The Kier molecular flexibility index (Phi) is 3.34. The molecule has 2 rings (SSSR count). The molecule has 0 aromatic carbocycles. The van der Waals surface area contributed by atoms with Gasteiger partial charge in [-0.1, -0.05) is 11.8 Å². The predicted octanol–water partition coefficient (Wildman–Crippen LogP) is 2.40. The second-order valence-electron chi connectivity index (χ2n) is 4.44. The molecule has 1 aromatic heterocycles. The molecule has 0 spiro atoms. The van der Waals surface area contributed by atoms with Crippen LogP contribution in [0.25, 0.3) is 0 Å². The third-order valence-electron chi connectivity index (χ3n) is 2.89. The summed E-state index contributed by atoms with van der Waals surface area (Å²) in [6.45, 7) is 1.99. The number of aryl methyl sites for hydroxylation is 1. The van der Waals surface area contributed by atoms with E-state index in [0.717, 1.165) is 36.1 Å². The third kappa shape index (κ3) is 2.65. The molecule has 3 heteroatoms. The summed E-state index contributed by atoms with van der Waals surface area (Å²) in [6, 6.07) is 1.93. The summed E-state index contributed by atoms with van der Waals surface area (Å²) in [6.07, 6.45) is 2.76. The maximum atomic E-state index is 10.0. The van der Waals surface area contributed by atoms with Crippen LogP contribution in [0, 0.1) is 18.8 Å². The Morgan fingerprint density at radius 1 is 1.44 bits per heavy atom. The fourth-order valence-electron chi connectivity index (χ4n) is 1.96. The predicted molar refractivity (Wildman–Crippen MR) is 65.2 cm³/mol. The third-order valence-corrected chi connectivity index (χ3v) is 4.00. The van der Waals surface area contributed by atoms with Gasteiger partial charge in [-0.3, -0.25) is 0 Å². The summed E-state index contributed by atoms with van der Waals surface area (Å²) in [7, 11) is 0. The second kappa shape index (κ2) is 4.58. The van der Waals surface area contributed by atoms with Gasteiger partial charge in [0.05, 0.1) is 0 Å². The average molecular weight is 236 g/mol. The van der Waals surface area contributed by atoms with Gasteiger partial charge < -0.3 is 10.2 Å².